The molecule has 0 spiro atoms. The smallest absolute Gasteiger partial charge is 0.234 e. The third-order valence-electron chi connectivity index (χ3n) is 5.01. The van der Waals surface area contributed by atoms with Crippen molar-refractivity contribution >= 4 is 17.8 Å². The molecule has 0 atom stereocenters. The van der Waals surface area contributed by atoms with Crippen LogP contribution in [-0.2, 0) is 6.42 Å². The second-order valence-corrected chi connectivity index (χ2v) is 7.24. The number of aryl methyl sites for hydroxylation is 2. The number of hydrogen-bond acceptors (Lipinski definition) is 8. The van der Waals surface area contributed by atoms with Crippen LogP contribution in [0.2, 0.25) is 0 Å². The molecule has 29 heavy (non-hydrogen) atoms. The van der Waals surface area contributed by atoms with Crippen molar-refractivity contribution in [3.8, 4) is 11.3 Å². The van der Waals surface area contributed by atoms with E-state index in [1.807, 2.05) is 50.4 Å². The lowest BCUT2D eigenvalue weighted by atomic mass is 10.1. The van der Waals surface area contributed by atoms with Crippen LogP contribution in [0.1, 0.15) is 18.3 Å². The number of benzene rings is 1. The predicted molar refractivity (Wildman–Crippen MR) is 114 cm³/mol. The number of nitrogens with one attached hydrogen (secondary N) is 1. The van der Waals surface area contributed by atoms with Gasteiger partial charge in [0.1, 0.15) is 5.82 Å². The lowest BCUT2D eigenvalue weighted by molar-refractivity contribution is 0.311. The molecule has 2 aromatic heterocycles. The Bertz CT molecular complexity index is 968. The molecule has 1 fully saturated rings. The maximum atomic E-state index is 4.70. The fourth-order valence-corrected chi connectivity index (χ4v) is 3.26. The van der Waals surface area contributed by atoms with Gasteiger partial charge < -0.3 is 9.80 Å². The molecule has 0 unspecified atom stereocenters. The number of hydrogen-bond donors (Lipinski definition) is 1. The van der Waals surface area contributed by atoms with Crippen LogP contribution in [0.15, 0.2) is 36.5 Å². The van der Waals surface area contributed by atoms with Gasteiger partial charge in [0.2, 0.25) is 17.8 Å². The zero-order valence-electron chi connectivity index (χ0n) is 17.1. The Hall–Kier alpha value is -3.13. The molecule has 1 aliphatic heterocycles. The first-order valence-electron chi connectivity index (χ1n) is 9.97. The Labute approximate surface area is 171 Å². The summed E-state index contributed by atoms with van der Waals surface area (Å²) in [6.45, 7) is 7.86. The van der Waals surface area contributed by atoms with Crippen LogP contribution in [0, 0.1) is 6.92 Å². The predicted octanol–water partition coefficient (Wildman–Crippen LogP) is 2.69. The van der Waals surface area contributed by atoms with E-state index in [4.69, 9.17) is 4.98 Å². The van der Waals surface area contributed by atoms with Crippen molar-refractivity contribution in [1.82, 2.24) is 29.8 Å². The van der Waals surface area contributed by atoms with Gasteiger partial charge in [0.15, 0.2) is 0 Å². The molecule has 3 heterocycles. The van der Waals surface area contributed by atoms with E-state index in [1.54, 1.807) is 0 Å². The van der Waals surface area contributed by atoms with Crippen molar-refractivity contribution in [2.24, 2.45) is 0 Å². The van der Waals surface area contributed by atoms with Crippen molar-refractivity contribution in [2.75, 3.05) is 43.4 Å². The Morgan fingerprint density at radius 3 is 2.41 bits per heavy atom. The number of piperazine rings is 1. The molecular weight excluding hydrogens is 364 g/mol. The highest BCUT2D eigenvalue weighted by Gasteiger charge is 2.18. The third-order valence-corrected chi connectivity index (χ3v) is 5.01. The third kappa shape index (κ3) is 4.48. The van der Waals surface area contributed by atoms with E-state index >= 15 is 0 Å². The minimum Gasteiger partial charge on any atom is -0.338 e. The van der Waals surface area contributed by atoms with Crippen molar-refractivity contribution in [3.05, 3.63) is 47.9 Å². The summed E-state index contributed by atoms with van der Waals surface area (Å²) in [6, 6.07) is 10.1. The first kappa shape index (κ1) is 19.2. The van der Waals surface area contributed by atoms with Gasteiger partial charge in [-0.05, 0) is 19.5 Å². The van der Waals surface area contributed by atoms with Gasteiger partial charge in [-0.3, -0.25) is 5.32 Å². The largest absolute Gasteiger partial charge is 0.338 e. The van der Waals surface area contributed by atoms with E-state index in [9.17, 15) is 0 Å². The topological polar surface area (TPSA) is 83.0 Å². The quantitative estimate of drug-likeness (QED) is 0.712. The van der Waals surface area contributed by atoms with Gasteiger partial charge >= 0.3 is 0 Å². The lowest BCUT2D eigenvalue weighted by Crippen LogP contribution is -2.45. The molecule has 3 aromatic rings. The molecule has 1 aromatic carbocycles. The summed E-state index contributed by atoms with van der Waals surface area (Å²) < 4.78 is 0. The molecule has 8 nitrogen and oxygen atoms in total. The molecule has 1 aliphatic rings. The van der Waals surface area contributed by atoms with Crippen LogP contribution in [0.25, 0.3) is 11.3 Å². The maximum absolute atomic E-state index is 4.70. The Morgan fingerprint density at radius 1 is 0.931 bits per heavy atom. The molecule has 8 heteroatoms. The number of anilines is 3. The summed E-state index contributed by atoms with van der Waals surface area (Å²) in [5.74, 6) is 2.43. The number of aromatic nitrogens is 5. The van der Waals surface area contributed by atoms with Gasteiger partial charge in [-0.1, -0.05) is 37.3 Å². The Kier molecular flexibility index (Phi) is 5.62. The summed E-state index contributed by atoms with van der Waals surface area (Å²) in [5, 5.41) is 3.18. The van der Waals surface area contributed by atoms with E-state index in [0.717, 1.165) is 55.2 Å². The Morgan fingerprint density at radius 2 is 1.69 bits per heavy atom. The molecule has 0 bridgehead atoms. The standard InChI is InChI=1S/C21H26N8/c1-4-17-23-20(27-21(24-17)29-12-10-28(3)11-13-29)26-19-22-14-15(2)18(25-19)16-8-6-5-7-9-16/h5-9,14H,4,10-13H2,1-3H3,(H,22,23,24,25,26,27). The lowest BCUT2D eigenvalue weighted by Gasteiger charge is -2.32. The van der Waals surface area contributed by atoms with Crippen LogP contribution in [0.4, 0.5) is 17.8 Å². The second kappa shape index (κ2) is 8.48. The summed E-state index contributed by atoms with van der Waals surface area (Å²) in [7, 11) is 2.13. The van der Waals surface area contributed by atoms with Crippen LogP contribution < -0.4 is 10.2 Å². The van der Waals surface area contributed by atoms with Crippen molar-refractivity contribution in [2.45, 2.75) is 20.3 Å². The molecule has 0 radical (unpaired) electrons. The first-order chi connectivity index (χ1) is 14.1. The van der Waals surface area contributed by atoms with Crippen LogP contribution in [0.5, 0.6) is 0 Å². The molecule has 1 N–H and O–H groups in total. The molecule has 4 rings (SSSR count). The average Bonchev–Trinajstić information content (AvgIpc) is 2.76. The monoisotopic (exact) mass is 390 g/mol. The molecular formula is C21H26N8. The first-order valence-corrected chi connectivity index (χ1v) is 9.97. The minimum atomic E-state index is 0.479. The zero-order chi connectivity index (χ0) is 20.2. The highest BCUT2D eigenvalue weighted by atomic mass is 15.3. The fourth-order valence-electron chi connectivity index (χ4n) is 3.26. The fraction of sp³-hybridized carbons (Fsp3) is 0.381. The normalized spacial score (nSPS) is 14.8. The van der Waals surface area contributed by atoms with Crippen LogP contribution in [0.3, 0.4) is 0 Å². The zero-order valence-corrected chi connectivity index (χ0v) is 17.1. The van der Waals surface area contributed by atoms with Gasteiger partial charge in [-0.15, -0.1) is 0 Å². The summed E-state index contributed by atoms with van der Waals surface area (Å²) in [5.41, 5.74) is 2.97. The van der Waals surface area contributed by atoms with Gasteiger partial charge in [0.25, 0.3) is 0 Å². The van der Waals surface area contributed by atoms with Crippen molar-refractivity contribution in [1.29, 1.82) is 0 Å². The Balaban J connectivity index is 1.61. The van der Waals surface area contributed by atoms with Gasteiger partial charge in [0, 0.05) is 44.4 Å². The highest BCUT2D eigenvalue weighted by molar-refractivity contribution is 5.64. The molecule has 0 aliphatic carbocycles. The molecule has 1 saturated heterocycles. The number of nitrogens with zero attached hydrogens (tertiary/aromatic N) is 7. The van der Waals surface area contributed by atoms with Crippen molar-refractivity contribution in [3.63, 3.8) is 0 Å². The van der Waals surface area contributed by atoms with Gasteiger partial charge in [-0.2, -0.15) is 15.0 Å². The van der Waals surface area contributed by atoms with Gasteiger partial charge in [0.05, 0.1) is 5.69 Å². The van der Waals surface area contributed by atoms with E-state index < -0.39 is 0 Å². The summed E-state index contributed by atoms with van der Waals surface area (Å²) >= 11 is 0. The van der Waals surface area contributed by atoms with E-state index in [2.05, 4.69) is 42.1 Å². The molecule has 150 valence electrons. The molecule has 0 amide bonds. The summed E-state index contributed by atoms with van der Waals surface area (Å²) in [6.07, 6.45) is 2.56. The second-order valence-electron chi connectivity index (χ2n) is 7.24. The minimum absolute atomic E-state index is 0.479. The average molecular weight is 390 g/mol. The maximum Gasteiger partial charge on any atom is 0.234 e. The van der Waals surface area contributed by atoms with E-state index in [1.165, 1.54) is 0 Å². The van der Waals surface area contributed by atoms with Crippen molar-refractivity contribution < 1.29 is 0 Å². The summed E-state index contributed by atoms with van der Waals surface area (Å²) in [4.78, 5) is 27.4. The number of likely N-dealkylation sites (N-methyl/N-ethyl adjacent to an activating group) is 1. The SMILES string of the molecule is CCc1nc(Nc2ncc(C)c(-c3ccccc3)n2)nc(N2CCN(C)CC2)n1. The molecule has 0 saturated carbocycles. The van der Waals surface area contributed by atoms with E-state index in [0.29, 0.717) is 17.8 Å². The number of rotatable bonds is 5. The van der Waals surface area contributed by atoms with E-state index in [-0.39, 0.29) is 0 Å². The highest BCUT2D eigenvalue weighted by Crippen LogP contribution is 2.22. The van der Waals surface area contributed by atoms with Crippen LogP contribution >= 0.6 is 0 Å². The van der Waals surface area contributed by atoms with Crippen LogP contribution in [-0.4, -0.2) is 63.0 Å². The van der Waals surface area contributed by atoms with Gasteiger partial charge in [-0.25, -0.2) is 9.97 Å².